The summed E-state index contributed by atoms with van der Waals surface area (Å²) >= 11 is 6.13. The van der Waals surface area contributed by atoms with Gasteiger partial charge in [0, 0.05) is 31.2 Å². The van der Waals surface area contributed by atoms with E-state index in [-0.39, 0.29) is 47.2 Å². The molecule has 2 saturated carbocycles. The molecule has 0 spiro atoms. The van der Waals surface area contributed by atoms with Crippen LogP contribution >= 0.6 is 11.6 Å². The first-order chi connectivity index (χ1) is 25.6. The SMILES string of the molecule is COC(=O)c1ccc(OC2CC(NCC3CCN(c4cnc(C(=O)NC5CCC(Oc6ccc(C#N)c(Cl)c6)CC5)cn4)CC3)C2)c(F)c1C(=O)OC. The smallest absolute Gasteiger partial charge is 0.341 e. The summed E-state index contributed by atoms with van der Waals surface area (Å²) in [6, 6.07) is 10.00. The van der Waals surface area contributed by atoms with Crippen LogP contribution in [0.25, 0.3) is 0 Å². The van der Waals surface area contributed by atoms with Gasteiger partial charge in [0.25, 0.3) is 5.91 Å². The summed E-state index contributed by atoms with van der Waals surface area (Å²) in [6.45, 7) is 2.50. The number of ether oxygens (including phenoxy) is 4. The molecule has 0 bridgehead atoms. The fourth-order valence-corrected chi connectivity index (χ4v) is 7.19. The normalized spacial score (nSPS) is 21.5. The summed E-state index contributed by atoms with van der Waals surface area (Å²) in [5.74, 6) is -1.25. The zero-order chi connectivity index (χ0) is 37.5. The third-order valence-electron chi connectivity index (χ3n) is 10.2. The number of nitrogens with zero attached hydrogens (tertiary/aromatic N) is 4. The highest BCUT2D eigenvalue weighted by Crippen LogP contribution is 2.32. The summed E-state index contributed by atoms with van der Waals surface area (Å²) in [5.41, 5.74) is -0.0318. The Bertz CT molecular complexity index is 1840. The number of amides is 1. The molecule has 2 heterocycles. The van der Waals surface area contributed by atoms with Crippen molar-refractivity contribution < 1.29 is 37.7 Å². The number of benzene rings is 2. The van der Waals surface area contributed by atoms with Gasteiger partial charge in [0.05, 0.1) is 48.9 Å². The first-order valence-corrected chi connectivity index (χ1v) is 18.2. The van der Waals surface area contributed by atoms with Crippen LogP contribution in [-0.4, -0.2) is 86.0 Å². The predicted octanol–water partition coefficient (Wildman–Crippen LogP) is 5.25. The summed E-state index contributed by atoms with van der Waals surface area (Å²) < 4.78 is 36.4. The molecule has 1 saturated heterocycles. The molecule has 1 aromatic heterocycles. The van der Waals surface area contributed by atoms with Crippen LogP contribution < -0.4 is 25.0 Å². The number of nitrogens with one attached hydrogen (secondary N) is 2. The van der Waals surface area contributed by atoms with E-state index in [0.29, 0.717) is 35.1 Å². The molecule has 3 aliphatic rings. The topological polar surface area (TPSA) is 165 Å². The number of rotatable bonds is 12. The second-order valence-corrected chi connectivity index (χ2v) is 14.0. The molecule has 13 nitrogen and oxygen atoms in total. The van der Waals surface area contributed by atoms with E-state index < -0.39 is 23.3 Å². The van der Waals surface area contributed by atoms with Gasteiger partial charge < -0.3 is 34.5 Å². The lowest BCUT2D eigenvalue weighted by molar-refractivity contribution is 0.0543. The van der Waals surface area contributed by atoms with Crippen LogP contribution in [0.15, 0.2) is 42.7 Å². The lowest BCUT2D eigenvalue weighted by atomic mass is 9.88. The van der Waals surface area contributed by atoms with Gasteiger partial charge >= 0.3 is 11.9 Å². The van der Waals surface area contributed by atoms with Crippen molar-refractivity contribution in [1.29, 1.82) is 5.26 Å². The Morgan fingerprint density at radius 2 is 1.66 bits per heavy atom. The number of carbonyl (C=O) groups excluding carboxylic acids is 3. The molecule has 2 aliphatic carbocycles. The number of hydrogen-bond donors (Lipinski definition) is 2. The molecular weight excluding hydrogens is 707 g/mol. The average molecular weight is 749 g/mol. The molecule has 2 N–H and O–H groups in total. The van der Waals surface area contributed by atoms with E-state index in [4.69, 9.17) is 26.3 Å². The molecule has 280 valence electrons. The maximum Gasteiger partial charge on any atom is 0.341 e. The second-order valence-electron chi connectivity index (χ2n) is 13.6. The number of hydrogen-bond acceptors (Lipinski definition) is 12. The highest BCUT2D eigenvalue weighted by molar-refractivity contribution is 6.31. The van der Waals surface area contributed by atoms with Gasteiger partial charge in [-0.05, 0) is 88.1 Å². The summed E-state index contributed by atoms with van der Waals surface area (Å²) in [7, 11) is 2.26. The minimum atomic E-state index is -0.981. The van der Waals surface area contributed by atoms with Gasteiger partial charge in [-0.25, -0.2) is 23.9 Å². The van der Waals surface area contributed by atoms with E-state index in [2.05, 4.69) is 35.0 Å². The second kappa shape index (κ2) is 17.2. The molecular formula is C38H42ClFN6O7. The Kier molecular flexibility index (Phi) is 12.3. The van der Waals surface area contributed by atoms with Gasteiger partial charge in [-0.3, -0.25) is 4.79 Å². The minimum absolute atomic E-state index is 0.0142. The summed E-state index contributed by atoms with van der Waals surface area (Å²) in [6.07, 6.45) is 9.43. The van der Waals surface area contributed by atoms with Gasteiger partial charge in [-0.2, -0.15) is 5.26 Å². The quantitative estimate of drug-likeness (QED) is 0.232. The van der Waals surface area contributed by atoms with Crippen molar-refractivity contribution in [2.45, 2.75) is 75.7 Å². The number of carbonyl (C=O) groups is 3. The lowest BCUT2D eigenvalue weighted by Gasteiger charge is -2.38. The Morgan fingerprint density at radius 3 is 2.30 bits per heavy atom. The minimum Gasteiger partial charge on any atom is -0.490 e. The number of esters is 2. The zero-order valence-electron chi connectivity index (χ0n) is 29.6. The van der Waals surface area contributed by atoms with Crippen LogP contribution in [0.5, 0.6) is 11.5 Å². The van der Waals surface area contributed by atoms with Crippen molar-refractivity contribution in [3.05, 3.63) is 75.9 Å². The molecule has 6 rings (SSSR count). The van der Waals surface area contributed by atoms with Crippen LogP contribution in [0.1, 0.15) is 88.1 Å². The molecule has 3 aromatic rings. The Hall–Kier alpha value is -5.00. The van der Waals surface area contributed by atoms with Crippen LogP contribution in [0.3, 0.4) is 0 Å². The predicted molar refractivity (Wildman–Crippen MR) is 192 cm³/mol. The van der Waals surface area contributed by atoms with Crippen molar-refractivity contribution in [3.8, 4) is 17.6 Å². The first kappa shape index (κ1) is 37.7. The monoisotopic (exact) mass is 748 g/mol. The van der Waals surface area contributed by atoms with Gasteiger partial charge in [-0.1, -0.05) is 11.6 Å². The average Bonchev–Trinajstić information content (AvgIpc) is 3.16. The summed E-state index contributed by atoms with van der Waals surface area (Å²) in [5, 5.41) is 16.1. The van der Waals surface area contributed by atoms with Crippen molar-refractivity contribution in [1.82, 2.24) is 20.6 Å². The van der Waals surface area contributed by atoms with Gasteiger partial charge in [0.15, 0.2) is 11.6 Å². The Morgan fingerprint density at radius 1 is 0.925 bits per heavy atom. The maximum absolute atomic E-state index is 15.2. The third-order valence-corrected chi connectivity index (χ3v) is 10.5. The van der Waals surface area contributed by atoms with E-state index in [9.17, 15) is 14.4 Å². The van der Waals surface area contributed by atoms with Gasteiger partial charge in [0.2, 0.25) is 0 Å². The number of halogens is 2. The number of nitriles is 1. The molecule has 2 aromatic carbocycles. The molecule has 15 heteroatoms. The van der Waals surface area contributed by atoms with Crippen molar-refractivity contribution in [2.24, 2.45) is 5.92 Å². The van der Waals surface area contributed by atoms with Gasteiger partial charge in [-0.15, -0.1) is 0 Å². The van der Waals surface area contributed by atoms with Crippen LogP contribution in [0.2, 0.25) is 5.02 Å². The third kappa shape index (κ3) is 9.15. The molecule has 53 heavy (non-hydrogen) atoms. The van der Waals surface area contributed by atoms with Crippen LogP contribution in [0, 0.1) is 23.1 Å². The number of anilines is 1. The number of methoxy groups -OCH3 is 2. The molecule has 1 amide bonds. The lowest BCUT2D eigenvalue weighted by Crippen LogP contribution is -2.49. The van der Waals surface area contributed by atoms with Crippen molar-refractivity contribution in [2.75, 3.05) is 38.8 Å². The van der Waals surface area contributed by atoms with Crippen LogP contribution in [-0.2, 0) is 9.47 Å². The number of aromatic nitrogens is 2. The van der Waals surface area contributed by atoms with E-state index in [1.54, 1.807) is 24.4 Å². The van der Waals surface area contributed by atoms with E-state index in [1.807, 2.05) is 6.07 Å². The maximum atomic E-state index is 15.2. The fourth-order valence-electron chi connectivity index (χ4n) is 6.98. The van der Waals surface area contributed by atoms with Crippen molar-refractivity contribution >= 4 is 35.3 Å². The largest absolute Gasteiger partial charge is 0.490 e. The van der Waals surface area contributed by atoms with E-state index >= 15 is 4.39 Å². The Balaban J connectivity index is 0.881. The van der Waals surface area contributed by atoms with Gasteiger partial charge in [0.1, 0.15) is 35.0 Å². The highest BCUT2D eigenvalue weighted by atomic mass is 35.5. The molecule has 0 atom stereocenters. The zero-order valence-corrected chi connectivity index (χ0v) is 30.4. The highest BCUT2D eigenvalue weighted by Gasteiger charge is 2.34. The van der Waals surface area contributed by atoms with E-state index in [0.717, 1.165) is 78.2 Å². The molecule has 0 radical (unpaired) electrons. The molecule has 3 fully saturated rings. The van der Waals surface area contributed by atoms with Crippen LogP contribution in [0.4, 0.5) is 10.2 Å². The van der Waals surface area contributed by atoms with Crippen molar-refractivity contribution in [3.63, 3.8) is 0 Å². The summed E-state index contributed by atoms with van der Waals surface area (Å²) in [4.78, 5) is 48.3. The Labute approximate surface area is 312 Å². The standard InChI is InChI=1S/C38H42ClFN6O7/c1-50-37(48)29-9-10-32(35(40)34(29)38(49)51-2)53-28-15-25(16-28)42-19-22-11-13-46(14-12-22)33-21-43-31(20-44-33)36(47)45-24-4-7-26(8-5-24)52-27-6-3-23(18-41)30(39)17-27/h3,6,9-10,17,20-22,24-26,28,42H,4-5,7-8,11-16,19H2,1-2H3,(H,45,47). The fraction of sp³-hybridized carbons (Fsp3) is 0.474. The van der Waals surface area contributed by atoms with E-state index in [1.165, 1.54) is 18.3 Å². The number of piperidine rings is 1. The first-order valence-electron chi connectivity index (χ1n) is 17.8. The molecule has 0 unspecified atom stereocenters. The molecule has 1 aliphatic heterocycles.